The number of nitrogens with one attached hydrogen (secondary N) is 1. The van der Waals surface area contributed by atoms with E-state index in [1.807, 2.05) is 35.9 Å². The number of rotatable bonds is 6. The normalized spacial score (nSPS) is 12.4. The molecule has 8 heteroatoms. The molecule has 4 rings (SSSR count). The Balaban J connectivity index is 1.50. The molecule has 0 aliphatic heterocycles. The average Bonchev–Trinajstić information content (AvgIpc) is 3.38. The van der Waals surface area contributed by atoms with Crippen molar-refractivity contribution < 1.29 is 9.90 Å². The van der Waals surface area contributed by atoms with Crippen LogP contribution in [0.5, 0.6) is 0 Å². The van der Waals surface area contributed by atoms with Gasteiger partial charge in [0.05, 0.1) is 22.8 Å². The third kappa shape index (κ3) is 3.56. The Labute approximate surface area is 166 Å². The SMILES string of the molecule is Cc1nn(Cc2ccccc2)c2sc(C(=O)NCC(O)c3ccnn3C)cc12. The first-order valence-electron chi connectivity index (χ1n) is 8.98. The van der Waals surface area contributed by atoms with Crippen molar-refractivity contribution in [3.05, 3.63) is 70.5 Å². The maximum absolute atomic E-state index is 12.6. The number of carbonyl (C=O) groups excluding carboxylic acids is 1. The van der Waals surface area contributed by atoms with Crippen LogP contribution in [0, 0.1) is 6.92 Å². The number of aliphatic hydroxyl groups excluding tert-OH is 1. The summed E-state index contributed by atoms with van der Waals surface area (Å²) in [6.45, 7) is 2.73. The Morgan fingerprint density at radius 1 is 1.29 bits per heavy atom. The van der Waals surface area contributed by atoms with Crippen LogP contribution in [0.1, 0.15) is 32.7 Å². The molecule has 0 radical (unpaired) electrons. The monoisotopic (exact) mass is 395 g/mol. The van der Waals surface area contributed by atoms with Gasteiger partial charge in [-0.1, -0.05) is 30.3 Å². The molecule has 1 unspecified atom stereocenters. The lowest BCUT2D eigenvalue weighted by atomic mass is 10.2. The van der Waals surface area contributed by atoms with Crippen molar-refractivity contribution in [1.82, 2.24) is 24.9 Å². The number of fused-ring (bicyclic) bond motifs is 1. The minimum Gasteiger partial charge on any atom is -0.385 e. The van der Waals surface area contributed by atoms with Gasteiger partial charge in [-0.25, -0.2) is 0 Å². The Bertz CT molecular complexity index is 1110. The summed E-state index contributed by atoms with van der Waals surface area (Å²) in [5.74, 6) is -0.201. The fourth-order valence-corrected chi connectivity index (χ4v) is 4.26. The second-order valence-electron chi connectivity index (χ2n) is 6.66. The van der Waals surface area contributed by atoms with Gasteiger partial charge in [-0.3, -0.25) is 14.2 Å². The predicted molar refractivity (Wildman–Crippen MR) is 108 cm³/mol. The van der Waals surface area contributed by atoms with Gasteiger partial charge >= 0.3 is 0 Å². The lowest BCUT2D eigenvalue weighted by Gasteiger charge is -2.11. The fraction of sp³-hybridized carbons (Fsp3) is 0.250. The highest BCUT2D eigenvalue weighted by Crippen LogP contribution is 2.29. The van der Waals surface area contributed by atoms with E-state index in [0.717, 1.165) is 21.5 Å². The molecule has 1 atom stereocenters. The van der Waals surface area contributed by atoms with Gasteiger partial charge in [-0.2, -0.15) is 10.2 Å². The molecular weight excluding hydrogens is 374 g/mol. The fourth-order valence-electron chi connectivity index (χ4n) is 3.18. The van der Waals surface area contributed by atoms with Crippen LogP contribution in [0.3, 0.4) is 0 Å². The first kappa shape index (κ1) is 18.4. The zero-order chi connectivity index (χ0) is 19.7. The molecule has 144 valence electrons. The Hall–Kier alpha value is -2.97. The standard InChI is InChI=1S/C20H21N5O2S/c1-13-15-10-18(19(27)21-11-17(26)16-8-9-22-24(16)2)28-20(15)25(23-13)12-14-6-4-3-5-7-14/h3-10,17,26H,11-12H2,1-2H3,(H,21,27). The van der Waals surface area contributed by atoms with Crippen molar-refractivity contribution in [3.8, 4) is 0 Å². The van der Waals surface area contributed by atoms with Gasteiger partial charge in [0.1, 0.15) is 10.9 Å². The van der Waals surface area contributed by atoms with E-state index < -0.39 is 6.10 Å². The molecule has 2 N–H and O–H groups in total. The van der Waals surface area contributed by atoms with Gasteiger partial charge in [0.15, 0.2) is 0 Å². The van der Waals surface area contributed by atoms with Crippen molar-refractivity contribution >= 4 is 27.5 Å². The molecule has 3 aromatic heterocycles. The molecule has 3 heterocycles. The first-order valence-corrected chi connectivity index (χ1v) is 9.79. The van der Waals surface area contributed by atoms with E-state index >= 15 is 0 Å². The summed E-state index contributed by atoms with van der Waals surface area (Å²) in [6.07, 6.45) is 0.814. The number of thiophene rings is 1. The third-order valence-electron chi connectivity index (χ3n) is 4.66. The van der Waals surface area contributed by atoms with E-state index in [9.17, 15) is 9.90 Å². The predicted octanol–water partition coefficient (Wildman–Crippen LogP) is 2.65. The average molecular weight is 395 g/mol. The van der Waals surface area contributed by atoms with Gasteiger partial charge in [-0.05, 0) is 24.6 Å². The quantitative estimate of drug-likeness (QED) is 0.526. The van der Waals surface area contributed by atoms with E-state index in [4.69, 9.17) is 0 Å². The van der Waals surface area contributed by atoms with E-state index in [2.05, 4.69) is 27.6 Å². The highest BCUT2D eigenvalue weighted by molar-refractivity contribution is 7.20. The van der Waals surface area contributed by atoms with Gasteiger partial charge < -0.3 is 10.4 Å². The molecule has 0 spiro atoms. The summed E-state index contributed by atoms with van der Waals surface area (Å²) in [4.78, 5) is 14.2. The summed E-state index contributed by atoms with van der Waals surface area (Å²) in [7, 11) is 1.76. The number of hydrogen-bond acceptors (Lipinski definition) is 5. The van der Waals surface area contributed by atoms with Crippen LogP contribution < -0.4 is 5.32 Å². The molecular formula is C20H21N5O2S. The van der Waals surface area contributed by atoms with E-state index in [-0.39, 0.29) is 12.5 Å². The zero-order valence-electron chi connectivity index (χ0n) is 15.7. The lowest BCUT2D eigenvalue weighted by Crippen LogP contribution is -2.28. The van der Waals surface area contributed by atoms with Crippen LogP contribution in [0.4, 0.5) is 0 Å². The molecule has 1 amide bonds. The Morgan fingerprint density at radius 3 is 2.79 bits per heavy atom. The number of benzene rings is 1. The highest BCUT2D eigenvalue weighted by atomic mass is 32.1. The molecule has 0 aliphatic rings. The maximum Gasteiger partial charge on any atom is 0.261 e. The molecule has 4 aromatic rings. The second-order valence-corrected chi connectivity index (χ2v) is 7.69. The maximum atomic E-state index is 12.6. The number of aromatic nitrogens is 4. The van der Waals surface area contributed by atoms with E-state index in [1.165, 1.54) is 11.3 Å². The number of nitrogens with zero attached hydrogens (tertiary/aromatic N) is 4. The minimum absolute atomic E-state index is 0.127. The Morgan fingerprint density at radius 2 is 2.07 bits per heavy atom. The van der Waals surface area contributed by atoms with Gasteiger partial charge in [0.2, 0.25) is 0 Å². The van der Waals surface area contributed by atoms with Crippen molar-refractivity contribution in [2.24, 2.45) is 7.05 Å². The molecule has 0 saturated carbocycles. The van der Waals surface area contributed by atoms with E-state index in [1.54, 1.807) is 24.0 Å². The van der Waals surface area contributed by atoms with Crippen LogP contribution in [0.2, 0.25) is 0 Å². The number of aliphatic hydroxyl groups is 1. The van der Waals surface area contributed by atoms with Crippen LogP contribution in [0.15, 0.2) is 48.7 Å². The summed E-state index contributed by atoms with van der Waals surface area (Å²) in [5, 5.41) is 22.7. The van der Waals surface area contributed by atoms with Crippen molar-refractivity contribution in [2.75, 3.05) is 6.54 Å². The topological polar surface area (TPSA) is 85.0 Å². The molecule has 0 bridgehead atoms. The number of carbonyl (C=O) groups is 1. The zero-order valence-corrected chi connectivity index (χ0v) is 16.5. The molecule has 7 nitrogen and oxygen atoms in total. The summed E-state index contributed by atoms with van der Waals surface area (Å²) in [6, 6.07) is 13.7. The van der Waals surface area contributed by atoms with E-state index in [0.29, 0.717) is 17.1 Å². The van der Waals surface area contributed by atoms with Gasteiger partial charge in [0, 0.05) is 25.2 Å². The van der Waals surface area contributed by atoms with Crippen molar-refractivity contribution in [3.63, 3.8) is 0 Å². The molecule has 0 aliphatic carbocycles. The first-order chi connectivity index (χ1) is 13.5. The number of amides is 1. The van der Waals surface area contributed by atoms with Crippen LogP contribution >= 0.6 is 11.3 Å². The van der Waals surface area contributed by atoms with Crippen LogP contribution in [-0.4, -0.2) is 37.1 Å². The van der Waals surface area contributed by atoms with Crippen LogP contribution in [0.25, 0.3) is 10.2 Å². The lowest BCUT2D eigenvalue weighted by molar-refractivity contribution is 0.0915. The van der Waals surface area contributed by atoms with Crippen molar-refractivity contribution in [1.29, 1.82) is 0 Å². The van der Waals surface area contributed by atoms with Gasteiger partial charge in [-0.15, -0.1) is 11.3 Å². The smallest absolute Gasteiger partial charge is 0.261 e. The molecule has 1 aromatic carbocycles. The largest absolute Gasteiger partial charge is 0.385 e. The van der Waals surface area contributed by atoms with Crippen molar-refractivity contribution in [2.45, 2.75) is 19.6 Å². The number of aryl methyl sites for hydroxylation is 2. The third-order valence-corrected chi connectivity index (χ3v) is 5.81. The minimum atomic E-state index is -0.805. The summed E-state index contributed by atoms with van der Waals surface area (Å²) < 4.78 is 3.53. The van der Waals surface area contributed by atoms with Gasteiger partial charge in [0.25, 0.3) is 5.91 Å². The Kier molecular flexibility index (Phi) is 4.97. The van der Waals surface area contributed by atoms with Crippen LogP contribution in [-0.2, 0) is 13.6 Å². The molecule has 0 fully saturated rings. The highest BCUT2D eigenvalue weighted by Gasteiger charge is 2.18. The second kappa shape index (κ2) is 7.57. The molecule has 0 saturated heterocycles. The molecule has 28 heavy (non-hydrogen) atoms. The summed E-state index contributed by atoms with van der Waals surface area (Å²) >= 11 is 1.41. The number of hydrogen-bond donors (Lipinski definition) is 2. The summed E-state index contributed by atoms with van der Waals surface area (Å²) in [5.41, 5.74) is 2.72.